The van der Waals surface area contributed by atoms with Crippen LogP contribution in [0.15, 0.2) is 101 Å². The second-order valence-electron chi connectivity index (χ2n) is 9.18. The summed E-state index contributed by atoms with van der Waals surface area (Å²) in [5.74, 6) is 0.0516. The number of hydrogen-bond acceptors (Lipinski definition) is 4. The molecule has 1 atom stereocenters. The van der Waals surface area contributed by atoms with E-state index >= 15 is 0 Å². The Hall–Kier alpha value is -3.48. The van der Waals surface area contributed by atoms with Gasteiger partial charge in [0.2, 0.25) is 0 Å². The number of nitrogens with zero attached hydrogens (tertiary/aromatic N) is 3. The number of amides is 1. The van der Waals surface area contributed by atoms with Crippen LogP contribution in [-0.2, 0) is 4.74 Å². The fourth-order valence-electron chi connectivity index (χ4n) is 4.97. The Morgan fingerprint density at radius 3 is 2.42 bits per heavy atom. The maximum Gasteiger partial charge on any atom is 0.254 e. The number of carbonyl (C=O) groups is 1. The quantitative estimate of drug-likeness (QED) is 0.300. The average Bonchev–Trinajstić information content (AvgIpc) is 3.39. The molecular formula is C30H26BrN3O2. The molecule has 5 nitrogen and oxygen atoms in total. The van der Waals surface area contributed by atoms with Crippen molar-refractivity contribution in [1.82, 2.24) is 4.90 Å². The van der Waals surface area contributed by atoms with E-state index in [9.17, 15) is 4.79 Å². The van der Waals surface area contributed by atoms with Gasteiger partial charge in [0.1, 0.15) is 0 Å². The SMILES string of the molecule is O=C(c1ccc(N2N=C(c3cccc(Br)c3)CC2c2ccc3ccccc3c2)cc1)N1CCOCC1. The Kier molecular flexibility index (Phi) is 6.30. The van der Waals surface area contributed by atoms with Gasteiger partial charge in [0, 0.05) is 29.5 Å². The van der Waals surface area contributed by atoms with E-state index in [1.165, 1.54) is 16.3 Å². The van der Waals surface area contributed by atoms with Crippen LogP contribution in [0.2, 0.25) is 0 Å². The Balaban J connectivity index is 1.35. The highest BCUT2D eigenvalue weighted by atomic mass is 79.9. The summed E-state index contributed by atoms with van der Waals surface area (Å²) in [7, 11) is 0. The predicted octanol–water partition coefficient (Wildman–Crippen LogP) is 6.43. The Morgan fingerprint density at radius 2 is 1.64 bits per heavy atom. The maximum atomic E-state index is 12.9. The largest absolute Gasteiger partial charge is 0.378 e. The zero-order valence-corrected chi connectivity index (χ0v) is 21.4. The van der Waals surface area contributed by atoms with Gasteiger partial charge in [-0.15, -0.1) is 0 Å². The third-order valence-corrected chi connectivity index (χ3v) is 7.40. The van der Waals surface area contributed by atoms with Crippen LogP contribution in [0.4, 0.5) is 5.69 Å². The van der Waals surface area contributed by atoms with E-state index in [1.54, 1.807) is 0 Å². The lowest BCUT2D eigenvalue weighted by atomic mass is 9.96. The summed E-state index contributed by atoms with van der Waals surface area (Å²) in [6.45, 7) is 2.46. The summed E-state index contributed by atoms with van der Waals surface area (Å²) in [6.07, 6.45) is 0.795. The van der Waals surface area contributed by atoms with Gasteiger partial charge in [-0.05, 0) is 64.4 Å². The van der Waals surface area contributed by atoms with Crippen LogP contribution in [0.1, 0.15) is 33.9 Å². The van der Waals surface area contributed by atoms with Crippen molar-refractivity contribution in [3.05, 3.63) is 112 Å². The second-order valence-corrected chi connectivity index (χ2v) is 10.1. The Labute approximate surface area is 219 Å². The molecule has 180 valence electrons. The minimum atomic E-state index is 0.0516. The molecule has 2 aliphatic heterocycles. The van der Waals surface area contributed by atoms with Crippen LogP contribution in [0.5, 0.6) is 0 Å². The number of ether oxygens (including phenoxy) is 1. The van der Waals surface area contributed by atoms with Crippen LogP contribution in [0.3, 0.4) is 0 Å². The Morgan fingerprint density at radius 1 is 0.861 bits per heavy atom. The van der Waals surface area contributed by atoms with E-state index in [0.717, 1.165) is 27.9 Å². The number of carbonyl (C=O) groups excluding carboxylic acids is 1. The molecule has 6 rings (SSSR count). The third-order valence-electron chi connectivity index (χ3n) is 6.90. The van der Waals surface area contributed by atoms with Gasteiger partial charge in [-0.3, -0.25) is 9.80 Å². The zero-order chi connectivity index (χ0) is 24.5. The summed E-state index contributed by atoms with van der Waals surface area (Å²) in [6, 6.07) is 31.3. The van der Waals surface area contributed by atoms with Crippen molar-refractivity contribution in [3.63, 3.8) is 0 Å². The molecule has 1 fully saturated rings. The van der Waals surface area contributed by atoms with E-state index in [-0.39, 0.29) is 11.9 Å². The summed E-state index contributed by atoms with van der Waals surface area (Å²) in [5.41, 5.74) is 5.03. The van der Waals surface area contributed by atoms with Gasteiger partial charge < -0.3 is 9.64 Å². The van der Waals surface area contributed by atoms with Gasteiger partial charge in [-0.1, -0.05) is 64.5 Å². The number of rotatable bonds is 4. The number of anilines is 1. The number of morpholine rings is 1. The molecule has 6 heteroatoms. The third kappa shape index (κ3) is 4.54. The van der Waals surface area contributed by atoms with Gasteiger partial charge >= 0.3 is 0 Å². The normalized spacial score (nSPS) is 17.9. The number of halogens is 1. The van der Waals surface area contributed by atoms with Gasteiger partial charge in [0.25, 0.3) is 5.91 Å². The minimum absolute atomic E-state index is 0.0516. The lowest BCUT2D eigenvalue weighted by Crippen LogP contribution is -2.40. The highest BCUT2D eigenvalue weighted by Crippen LogP contribution is 2.38. The summed E-state index contributed by atoms with van der Waals surface area (Å²) in [5, 5.41) is 9.64. The molecule has 36 heavy (non-hydrogen) atoms. The highest BCUT2D eigenvalue weighted by molar-refractivity contribution is 9.10. The van der Waals surface area contributed by atoms with Crippen molar-refractivity contribution in [2.75, 3.05) is 31.3 Å². The second kappa shape index (κ2) is 9.88. The monoisotopic (exact) mass is 539 g/mol. The molecule has 0 radical (unpaired) electrons. The predicted molar refractivity (Wildman–Crippen MR) is 148 cm³/mol. The number of benzene rings is 4. The van der Waals surface area contributed by atoms with Crippen LogP contribution < -0.4 is 5.01 Å². The molecule has 2 aliphatic rings. The van der Waals surface area contributed by atoms with Crippen molar-refractivity contribution in [2.45, 2.75) is 12.5 Å². The molecule has 0 aromatic heterocycles. The molecule has 0 spiro atoms. The van der Waals surface area contributed by atoms with Gasteiger partial charge in [-0.2, -0.15) is 5.10 Å². The molecule has 1 amide bonds. The molecule has 4 aromatic rings. The summed E-state index contributed by atoms with van der Waals surface area (Å²) in [4.78, 5) is 14.8. The van der Waals surface area contributed by atoms with E-state index in [2.05, 4.69) is 75.5 Å². The maximum absolute atomic E-state index is 12.9. The van der Waals surface area contributed by atoms with Crippen molar-refractivity contribution >= 4 is 44.0 Å². The first-order valence-corrected chi connectivity index (χ1v) is 13.0. The first-order valence-electron chi connectivity index (χ1n) is 12.2. The molecule has 0 N–H and O–H groups in total. The molecule has 0 aliphatic carbocycles. The van der Waals surface area contributed by atoms with E-state index in [4.69, 9.17) is 9.84 Å². The van der Waals surface area contributed by atoms with Crippen LogP contribution in [-0.4, -0.2) is 42.8 Å². The molecule has 0 bridgehead atoms. The molecule has 4 aromatic carbocycles. The van der Waals surface area contributed by atoms with Crippen LogP contribution >= 0.6 is 15.9 Å². The zero-order valence-electron chi connectivity index (χ0n) is 19.8. The lowest BCUT2D eigenvalue weighted by Gasteiger charge is -2.27. The summed E-state index contributed by atoms with van der Waals surface area (Å²) < 4.78 is 6.43. The number of hydrogen-bond donors (Lipinski definition) is 0. The molecule has 1 saturated heterocycles. The molecule has 0 saturated carbocycles. The van der Waals surface area contributed by atoms with E-state index in [0.29, 0.717) is 31.9 Å². The van der Waals surface area contributed by atoms with E-state index < -0.39 is 0 Å². The topological polar surface area (TPSA) is 45.1 Å². The Bertz CT molecular complexity index is 1440. The fourth-order valence-corrected chi connectivity index (χ4v) is 5.37. The van der Waals surface area contributed by atoms with E-state index in [1.807, 2.05) is 41.3 Å². The average molecular weight is 540 g/mol. The smallest absolute Gasteiger partial charge is 0.254 e. The van der Waals surface area contributed by atoms with Gasteiger partial charge in [0.05, 0.1) is 30.7 Å². The molecule has 2 heterocycles. The number of fused-ring (bicyclic) bond motifs is 1. The van der Waals surface area contributed by atoms with Crippen molar-refractivity contribution in [3.8, 4) is 0 Å². The number of hydrazone groups is 1. The van der Waals surface area contributed by atoms with Crippen molar-refractivity contribution in [2.24, 2.45) is 5.10 Å². The first kappa shape index (κ1) is 23.0. The highest BCUT2D eigenvalue weighted by Gasteiger charge is 2.30. The fraction of sp³-hybridized carbons (Fsp3) is 0.200. The van der Waals surface area contributed by atoms with Crippen LogP contribution in [0, 0.1) is 0 Å². The lowest BCUT2D eigenvalue weighted by molar-refractivity contribution is 0.0303. The van der Waals surface area contributed by atoms with Crippen LogP contribution in [0.25, 0.3) is 10.8 Å². The molecular weight excluding hydrogens is 514 g/mol. The van der Waals surface area contributed by atoms with Gasteiger partial charge in [-0.25, -0.2) is 0 Å². The summed E-state index contributed by atoms with van der Waals surface area (Å²) >= 11 is 3.60. The molecule has 1 unspecified atom stereocenters. The first-order chi connectivity index (χ1) is 17.7. The van der Waals surface area contributed by atoms with Crippen molar-refractivity contribution < 1.29 is 9.53 Å². The van der Waals surface area contributed by atoms with Crippen molar-refractivity contribution in [1.29, 1.82) is 0 Å². The standard InChI is InChI=1S/C30H26BrN3O2/c31-26-7-3-6-24(19-26)28-20-29(25-9-8-21-4-1-2-5-23(21)18-25)34(32-28)27-12-10-22(11-13-27)30(35)33-14-16-36-17-15-33/h1-13,18-19,29H,14-17,20H2. The van der Waals surface area contributed by atoms with Gasteiger partial charge in [0.15, 0.2) is 0 Å². The minimum Gasteiger partial charge on any atom is -0.378 e.